The van der Waals surface area contributed by atoms with E-state index in [1.807, 2.05) is 12.2 Å². The molecule has 0 saturated heterocycles. The number of ether oxygens (including phenoxy) is 1. The minimum atomic E-state index is -0.509. The molecule has 0 amide bonds. The zero-order chi connectivity index (χ0) is 15.5. The average molecular weight is 304 g/mol. The van der Waals surface area contributed by atoms with Crippen molar-refractivity contribution in [1.29, 1.82) is 0 Å². The summed E-state index contributed by atoms with van der Waals surface area (Å²) in [5, 5.41) is 19.8. The molecule has 2 N–H and O–H groups in total. The van der Waals surface area contributed by atoms with E-state index in [1.54, 1.807) is 10.9 Å². The molecule has 7 nitrogen and oxygen atoms in total. The van der Waals surface area contributed by atoms with E-state index in [2.05, 4.69) is 21.9 Å². The predicted molar refractivity (Wildman–Crippen MR) is 80.2 cm³/mol. The zero-order valence-corrected chi connectivity index (χ0v) is 12.5. The molecule has 0 aliphatic carbocycles. The van der Waals surface area contributed by atoms with Crippen molar-refractivity contribution in [2.24, 2.45) is 0 Å². The Bertz CT molecular complexity index is 670. The number of imidazole rings is 1. The summed E-state index contributed by atoms with van der Waals surface area (Å²) in [6.45, 7) is 2.13. The third kappa shape index (κ3) is 2.82. The summed E-state index contributed by atoms with van der Waals surface area (Å²) >= 11 is 0. The Hall–Kier alpha value is -1.99. The number of hydrogen-bond acceptors (Lipinski definition) is 6. The number of aromatic nitrogens is 4. The molecule has 7 heteroatoms. The Morgan fingerprint density at radius 2 is 2.14 bits per heavy atom. The second kappa shape index (κ2) is 6.41. The fourth-order valence-corrected chi connectivity index (χ4v) is 2.63. The highest BCUT2D eigenvalue weighted by Crippen LogP contribution is 2.28. The summed E-state index contributed by atoms with van der Waals surface area (Å²) in [4.78, 5) is 11.9. The Kier molecular flexibility index (Phi) is 4.35. The first-order valence-corrected chi connectivity index (χ1v) is 7.59. The van der Waals surface area contributed by atoms with E-state index >= 15 is 0 Å². The molecule has 0 radical (unpaired) electrons. The van der Waals surface area contributed by atoms with Crippen molar-refractivity contribution in [3.63, 3.8) is 0 Å². The van der Waals surface area contributed by atoms with Gasteiger partial charge in [-0.05, 0) is 12.5 Å². The standard InChI is InChI=1S/C15H20N4O3/c1-2-3-4-5-10(20)11-6-7-12(22-11)19-9-18-13-14(19)16-8-17-15(13)21/h6-12,20H,2-5H2,1H3,(H,16,17,21)/t10?,11-,12+/m0/s1. The molecule has 0 spiro atoms. The van der Waals surface area contributed by atoms with Crippen molar-refractivity contribution in [3.8, 4) is 5.88 Å². The van der Waals surface area contributed by atoms with Gasteiger partial charge in [0.1, 0.15) is 12.4 Å². The van der Waals surface area contributed by atoms with E-state index in [9.17, 15) is 10.2 Å². The topological polar surface area (TPSA) is 93.3 Å². The molecular weight excluding hydrogens is 284 g/mol. The van der Waals surface area contributed by atoms with E-state index in [1.165, 1.54) is 6.33 Å². The van der Waals surface area contributed by atoms with Crippen LogP contribution in [-0.4, -0.2) is 41.9 Å². The molecule has 0 saturated carbocycles. The fraction of sp³-hybridized carbons (Fsp3) is 0.533. The molecule has 1 aliphatic heterocycles. The number of rotatable bonds is 6. The van der Waals surface area contributed by atoms with Gasteiger partial charge in [0.05, 0.1) is 12.4 Å². The Morgan fingerprint density at radius 1 is 1.27 bits per heavy atom. The number of unbranched alkanes of at least 4 members (excludes halogenated alkanes) is 2. The van der Waals surface area contributed by atoms with Gasteiger partial charge in [0.25, 0.3) is 0 Å². The van der Waals surface area contributed by atoms with Crippen LogP contribution >= 0.6 is 0 Å². The number of aliphatic hydroxyl groups excluding tert-OH is 1. The van der Waals surface area contributed by atoms with Gasteiger partial charge < -0.3 is 14.9 Å². The number of fused-ring (bicyclic) bond motifs is 1. The molecule has 118 valence electrons. The summed E-state index contributed by atoms with van der Waals surface area (Å²) < 4.78 is 7.58. The van der Waals surface area contributed by atoms with Gasteiger partial charge >= 0.3 is 0 Å². The maximum absolute atomic E-state index is 10.2. The summed E-state index contributed by atoms with van der Waals surface area (Å²) in [5.74, 6) is -0.151. The summed E-state index contributed by atoms with van der Waals surface area (Å²) in [5.41, 5.74) is 0.842. The Balaban J connectivity index is 1.70. The lowest BCUT2D eigenvalue weighted by Crippen LogP contribution is -2.26. The maximum Gasteiger partial charge on any atom is 0.242 e. The fourth-order valence-electron chi connectivity index (χ4n) is 2.63. The lowest BCUT2D eigenvalue weighted by atomic mass is 10.1. The predicted octanol–water partition coefficient (Wildman–Crippen LogP) is 1.93. The zero-order valence-electron chi connectivity index (χ0n) is 12.5. The number of nitrogens with zero attached hydrogens (tertiary/aromatic N) is 4. The van der Waals surface area contributed by atoms with Crippen molar-refractivity contribution in [3.05, 3.63) is 24.8 Å². The molecule has 2 aromatic rings. The van der Waals surface area contributed by atoms with Gasteiger partial charge in [-0.3, -0.25) is 4.57 Å². The van der Waals surface area contributed by atoms with E-state index in [-0.39, 0.29) is 18.2 Å². The van der Waals surface area contributed by atoms with Gasteiger partial charge in [0.2, 0.25) is 5.88 Å². The van der Waals surface area contributed by atoms with E-state index in [0.29, 0.717) is 11.2 Å². The molecule has 2 aromatic heterocycles. The Labute approximate surface area is 128 Å². The first-order chi connectivity index (χ1) is 10.7. The van der Waals surface area contributed by atoms with Crippen molar-refractivity contribution in [2.75, 3.05) is 0 Å². The van der Waals surface area contributed by atoms with Gasteiger partial charge in [-0.1, -0.05) is 32.3 Å². The molecule has 0 fully saturated rings. The van der Waals surface area contributed by atoms with Crippen molar-refractivity contribution >= 4 is 11.2 Å². The van der Waals surface area contributed by atoms with Crippen LogP contribution in [0.25, 0.3) is 11.2 Å². The molecular formula is C15H20N4O3. The highest BCUT2D eigenvalue weighted by atomic mass is 16.5. The van der Waals surface area contributed by atoms with Crippen LogP contribution < -0.4 is 0 Å². The van der Waals surface area contributed by atoms with E-state index in [4.69, 9.17) is 4.74 Å². The average Bonchev–Trinajstić information content (AvgIpc) is 3.14. The molecule has 0 aromatic carbocycles. The van der Waals surface area contributed by atoms with Gasteiger partial charge in [0, 0.05) is 0 Å². The van der Waals surface area contributed by atoms with Gasteiger partial charge in [0.15, 0.2) is 17.4 Å². The van der Waals surface area contributed by atoms with Crippen molar-refractivity contribution < 1.29 is 14.9 Å². The third-order valence-corrected chi connectivity index (χ3v) is 3.86. The first kappa shape index (κ1) is 14.9. The van der Waals surface area contributed by atoms with Crippen LogP contribution in [-0.2, 0) is 4.74 Å². The van der Waals surface area contributed by atoms with E-state index < -0.39 is 6.10 Å². The maximum atomic E-state index is 10.2. The van der Waals surface area contributed by atoms with Crippen LogP contribution in [0, 0.1) is 0 Å². The number of hydrogen-bond donors (Lipinski definition) is 2. The number of aliphatic hydroxyl groups is 1. The van der Waals surface area contributed by atoms with Crippen LogP contribution in [0.4, 0.5) is 0 Å². The molecule has 3 heterocycles. The smallest absolute Gasteiger partial charge is 0.242 e. The van der Waals surface area contributed by atoms with Crippen molar-refractivity contribution in [2.45, 2.75) is 51.0 Å². The van der Waals surface area contributed by atoms with Crippen LogP contribution in [0.1, 0.15) is 38.8 Å². The highest BCUT2D eigenvalue weighted by Gasteiger charge is 2.27. The minimum Gasteiger partial charge on any atom is -0.492 e. The van der Waals surface area contributed by atoms with Crippen LogP contribution in [0.15, 0.2) is 24.8 Å². The quantitative estimate of drug-likeness (QED) is 0.625. The molecule has 0 bridgehead atoms. The highest BCUT2D eigenvalue weighted by molar-refractivity contribution is 5.75. The SMILES string of the molecule is CCCCCC(O)[C@@H]1C=C[C@H](n2cnc3c(O)ncnc32)O1. The van der Waals surface area contributed by atoms with Gasteiger partial charge in [-0.2, -0.15) is 4.98 Å². The minimum absolute atomic E-state index is 0.151. The molecule has 1 aliphatic rings. The molecule has 1 unspecified atom stereocenters. The largest absolute Gasteiger partial charge is 0.492 e. The van der Waals surface area contributed by atoms with Gasteiger partial charge in [-0.15, -0.1) is 0 Å². The second-order valence-electron chi connectivity index (χ2n) is 5.46. The monoisotopic (exact) mass is 304 g/mol. The van der Waals surface area contributed by atoms with Crippen molar-refractivity contribution in [1.82, 2.24) is 19.5 Å². The summed E-state index contributed by atoms with van der Waals surface area (Å²) in [6, 6.07) is 0. The third-order valence-electron chi connectivity index (χ3n) is 3.86. The van der Waals surface area contributed by atoms with Gasteiger partial charge in [-0.25, -0.2) is 9.97 Å². The Morgan fingerprint density at radius 3 is 2.95 bits per heavy atom. The molecule has 22 heavy (non-hydrogen) atoms. The second-order valence-corrected chi connectivity index (χ2v) is 5.46. The van der Waals surface area contributed by atoms with Crippen LogP contribution in [0.3, 0.4) is 0 Å². The lowest BCUT2D eigenvalue weighted by Gasteiger charge is -2.20. The van der Waals surface area contributed by atoms with Crippen LogP contribution in [0.5, 0.6) is 5.88 Å². The lowest BCUT2D eigenvalue weighted by molar-refractivity contribution is -0.0480. The molecule has 3 atom stereocenters. The first-order valence-electron chi connectivity index (χ1n) is 7.59. The number of aromatic hydroxyl groups is 1. The van der Waals surface area contributed by atoms with Crippen LogP contribution in [0.2, 0.25) is 0 Å². The molecule has 3 rings (SSSR count). The summed E-state index contributed by atoms with van der Waals surface area (Å²) in [7, 11) is 0. The normalized spacial score (nSPS) is 22.5. The van der Waals surface area contributed by atoms with E-state index in [0.717, 1.165) is 25.7 Å². The summed E-state index contributed by atoms with van der Waals surface area (Å²) in [6.07, 6.45) is 9.31.